The van der Waals surface area contributed by atoms with E-state index in [9.17, 15) is 4.79 Å². The highest BCUT2D eigenvalue weighted by Crippen LogP contribution is 2.40. The fraction of sp³-hybridized carbons (Fsp3) is 0.333. The predicted molar refractivity (Wildman–Crippen MR) is 135 cm³/mol. The van der Waals surface area contributed by atoms with Gasteiger partial charge in [0.25, 0.3) is 5.91 Å². The zero-order valence-electron chi connectivity index (χ0n) is 18.6. The Morgan fingerprint density at radius 1 is 1.03 bits per heavy atom. The molecule has 0 atom stereocenters. The second-order valence-electron chi connectivity index (χ2n) is 8.71. The lowest BCUT2D eigenvalue weighted by atomic mass is 9.95. The molecular weight excluding hydrogens is 414 g/mol. The number of amides is 1. The van der Waals surface area contributed by atoms with Crippen molar-refractivity contribution in [1.82, 2.24) is 0 Å². The highest BCUT2D eigenvalue weighted by Gasteiger charge is 2.25. The van der Waals surface area contributed by atoms with Gasteiger partial charge < -0.3 is 10.2 Å². The Morgan fingerprint density at radius 3 is 2.59 bits per heavy atom. The van der Waals surface area contributed by atoms with Gasteiger partial charge in [-0.25, -0.2) is 4.99 Å². The van der Waals surface area contributed by atoms with Crippen molar-refractivity contribution in [3.8, 4) is 0 Å². The molecule has 32 heavy (non-hydrogen) atoms. The van der Waals surface area contributed by atoms with E-state index in [2.05, 4.69) is 35.3 Å². The third-order valence-electron chi connectivity index (χ3n) is 6.41. The van der Waals surface area contributed by atoms with Crippen LogP contribution in [0.1, 0.15) is 57.6 Å². The first-order chi connectivity index (χ1) is 15.7. The van der Waals surface area contributed by atoms with Gasteiger partial charge in [0, 0.05) is 35.6 Å². The minimum absolute atomic E-state index is 0.0525. The molecular formula is C27H29N3OS. The number of anilines is 2. The van der Waals surface area contributed by atoms with Crippen LogP contribution in [0.3, 0.4) is 0 Å². The Morgan fingerprint density at radius 2 is 1.81 bits per heavy atom. The number of rotatable bonds is 5. The van der Waals surface area contributed by atoms with E-state index in [0.29, 0.717) is 0 Å². The van der Waals surface area contributed by atoms with Crippen LogP contribution in [0.5, 0.6) is 0 Å². The lowest BCUT2D eigenvalue weighted by Crippen LogP contribution is -2.18. The van der Waals surface area contributed by atoms with Crippen LogP contribution >= 0.6 is 11.3 Å². The number of carbonyl (C=O) groups excluding carboxylic acids is 1. The van der Waals surface area contributed by atoms with Gasteiger partial charge in [-0.3, -0.25) is 4.79 Å². The normalized spacial score (nSPS) is 15.8. The molecule has 4 nitrogen and oxygen atoms in total. The lowest BCUT2D eigenvalue weighted by Gasteiger charge is -2.20. The molecule has 2 aromatic carbocycles. The maximum atomic E-state index is 13.2. The van der Waals surface area contributed by atoms with Crippen molar-refractivity contribution in [2.24, 2.45) is 4.99 Å². The number of nitrogens with one attached hydrogen (secondary N) is 1. The summed E-state index contributed by atoms with van der Waals surface area (Å²) < 4.78 is 0. The number of fused-ring (bicyclic) bond motifs is 1. The van der Waals surface area contributed by atoms with Gasteiger partial charge in [-0.1, -0.05) is 24.3 Å². The summed E-state index contributed by atoms with van der Waals surface area (Å²) in [5.74, 6) is -0.0525. The van der Waals surface area contributed by atoms with Gasteiger partial charge in [-0.2, -0.15) is 0 Å². The van der Waals surface area contributed by atoms with Gasteiger partial charge in [0.05, 0.1) is 5.56 Å². The largest absolute Gasteiger partial charge is 0.371 e. The quantitative estimate of drug-likeness (QED) is 0.455. The molecule has 164 valence electrons. The Bertz CT molecular complexity index is 1140. The highest BCUT2D eigenvalue weighted by molar-refractivity contribution is 7.16. The molecule has 0 unspecified atom stereocenters. The Balaban J connectivity index is 1.43. The number of carbonyl (C=O) groups is 1. The van der Waals surface area contributed by atoms with Crippen molar-refractivity contribution in [3.63, 3.8) is 0 Å². The molecule has 2 aliphatic rings. The number of nitrogens with zero attached hydrogens (tertiary/aromatic N) is 2. The topological polar surface area (TPSA) is 44.7 Å². The van der Waals surface area contributed by atoms with Crippen LogP contribution in [0.4, 0.5) is 16.4 Å². The zero-order chi connectivity index (χ0) is 21.9. The molecule has 1 amide bonds. The summed E-state index contributed by atoms with van der Waals surface area (Å²) in [6.07, 6.45) is 8.80. The van der Waals surface area contributed by atoms with E-state index >= 15 is 0 Å². The molecule has 1 aromatic heterocycles. The molecule has 1 aliphatic heterocycles. The van der Waals surface area contributed by atoms with Gasteiger partial charge >= 0.3 is 0 Å². The lowest BCUT2D eigenvalue weighted by molar-refractivity contribution is 0.102. The number of para-hydroxylation sites is 1. The van der Waals surface area contributed by atoms with Crippen LogP contribution in [0.25, 0.3) is 0 Å². The summed E-state index contributed by atoms with van der Waals surface area (Å²) in [6, 6.07) is 16.2. The fourth-order valence-corrected chi connectivity index (χ4v) is 6.03. The van der Waals surface area contributed by atoms with Crippen LogP contribution in [0, 0.1) is 6.92 Å². The van der Waals surface area contributed by atoms with E-state index in [-0.39, 0.29) is 5.91 Å². The SMILES string of the molecule is Cc1cc(C=Nc2sc3c(c2C(=O)Nc2ccccc2)CCCC3)ccc1N1CCCC1. The van der Waals surface area contributed by atoms with Crippen LogP contribution < -0.4 is 10.2 Å². The van der Waals surface area contributed by atoms with Crippen LogP contribution in [-0.2, 0) is 12.8 Å². The van der Waals surface area contributed by atoms with Crippen molar-refractivity contribution in [1.29, 1.82) is 0 Å². The van der Waals surface area contributed by atoms with Crippen molar-refractivity contribution < 1.29 is 4.79 Å². The average Bonchev–Trinajstić information content (AvgIpc) is 3.46. The predicted octanol–water partition coefficient (Wildman–Crippen LogP) is 6.54. The first kappa shape index (κ1) is 21.0. The third-order valence-corrected chi connectivity index (χ3v) is 7.61. The fourth-order valence-electron chi connectivity index (χ4n) is 4.80. The number of hydrogen-bond acceptors (Lipinski definition) is 4. The molecule has 0 bridgehead atoms. The molecule has 5 heteroatoms. The maximum Gasteiger partial charge on any atom is 0.259 e. The summed E-state index contributed by atoms with van der Waals surface area (Å²) in [6.45, 7) is 4.47. The summed E-state index contributed by atoms with van der Waals surface area (Å²) in [4.78, 5) is 21.9. The van der Waals surface area contributed by atoms with Crippen LogP contribution in [-0.4, -0.2) is 25.2 Å². The molecule has 1 saturated heterocycles. The standard InChI is InChI=1S/C27H29N3OS/c1-19-17-20(13-14-23(19)30-15-7-8-16-30)18-28-27-25(22-11-5-6-12-24(22)32-27)26(31)29-21-9-3-2-4-10-21/h2-4,9-10,13-14,17-18H,5-8,11-12,15-16H2,1H3,(H,29,31). The van der Waals surface area contributed by atoms with E-state index in [1.165, 1.54) is 41.0 Å². The van der Waals surface area contributed by atoms with Crippen molar-refractivity contribution >= 4 is 39.8 Å². The number of hydrogen-bond donors (Lipinski definition) is 1. The third kappa shape index (κ3) is 4.35. The molecule has 1 fully saturated rings. The first-order valence-electron chi connectivity index (χ1n) is 11.6. The van der Waals surface area contributed by atoms with Gasteiger partial charge in [-0.15, -0.1) is 11.3 Å². The van der Waals surface area contributed by atoms with E-state index in [0.717, 1.165) is 54.2 Å². The first-order valence-corrected chi connectivity index (χ1v) is 12.4. The van der Waals surface area contributed by atoms with E-state index in [1.54, 1.807) is 11.3 Å². The van der Waals surface area contributed by atoms with E-state index in [1.807, 2.05) is 36.5 Å². The second kappa shape index (κ2) is 9.29. The zero-order valence-corrected chi connectivity index (χ0v) is 19.4. The average molecular weight is 444 g/mol. The molecule has 2 heterocycles. The number of benzene rings is 2. The van der Waals surface area contributed by atoms with Gasteiger partial charge in [0.1, 0.15) is 5.00 Å². The number of aryl methyl sites for hydroxylation is 2. The van der Waals surface area contributed by atoms with Crippen molar-refractivity contribution in [2.45, 2.75) is 45.4 Å². The molecule has 1 N–H and O–H groups in total. The smallest absolute Gasteiger partial charge is 0.259 e. The minimum atomic E-state index is -0.0525. The summed E-state index contributed by atoms with van der Waals surface area (Å²) >= 11 is 1.68. The summed E-state index contributed by atoms with van der Waals surface area (Å²) in [5, 5.41) is 3.89. The molecule has 1 aliphatic carbocycles. The summed E-state index contributed by atoms with van der Waals surface area (Å²) in [7, 11) is 0. The number of thiophene rings is 1. The van der Waals surface area contributed by atoms with Gasteiger partial charge in [-0.05, 0) is 86.4 Å². The van der Waals surface area contributed by atoms with Gasteiger partial charge in [0.2, 0.25) is 0 Å². The van der Waals surface area contributed by atoms with Gasteiger partial charge in [0.15, 0.2) is 0 Å². The Kier molecular flexibility index (Phi) is 6.08. The Labute approximate surface area is 194 Å². The van der Waals surface area contributed by atoms with Crippen LogP contribution in [0.2, 0.25) is 0 Å². The Hall–Kier alpha value is -2.92. The van der Waals surface area contributed by atoms with Crippen molar-refractivity contribution in [2.75, 3.05) is 23.3 Å². The highest BCUT2D eigenvalue weighted by atomic mass is 32.1. The number of aliphatic imine (C=N–C) groups is 1. The molecule has 5 rings (SSSR count). The molecule has 0 saturated carbocycles. The van der Waals surface area contributed by atoms with Crippen molar-refractivity contribution in [3.05, 3.63) is 75.7 Å². The minimum Gasteiger partial charge on any atom is -0.371 e. The van der Waals surface area contributed by atoms with E-state index < -0.39 is 0 Å². The van der Waals surface area contributed by atoms with E-state index in [4.69, 9.17) is 4.99 Å². The second-order valence-corrected chi connectivity index (χ2v) is 9.79. The summed E-state index contributed by atoms with van der Waals surface area (Å²) in [5.41, 5.74) is 6.46. The van der Waals surface area contributed by atoms with Crippen LogP contribution in [0.15, 0.2) is 53.5 Å². The monoisotopic (exact) mass is 443 g/mol. The molecule has 0 spiro atoms. The molecule has 3 aromatic rings. The molecule has 0 radical (unpaired) electrons. The maximum absolute atomic E-state index is 13.2.